The first-order valence-electron chi connectivity index (χ1n) is 6.62. The van der Waals surface area contributed by atoms with Crippen LogP contribution >= 0.6 is 11.3 Å². The standard InChI is InChI=1S/C14H18N4OS/c1-16(2)14(19)13-9-17(7-11-4-6-20-10-11)8-12-3-5-15-18(12)13/h3-6,10,13H,7-9H2,1-2H3/t13-/m0/s1. The Morgan fingerprint density at radius 3 is 3.05 bits per heavy atom. The van der Waals surface area contributed by atoms with Crippen molar-refractivity contribution < 1.29 is 4.79 Å². The van der Waals surface area contributed by atoms with Gasteiger partial charge in [0.2, 0.25) is 5.91 Å². The Hall–Kier alpha value is -1.66. The summed E-state index contributed by atoms with van der Waals surface area (Å²) in [6.07, 6.45) is 1.78. The molecule has 0 saturated heterocycles. The van der Waals surface area contributed by atoms with Crippen LogP contribution in [-0.4, -0.2) is 46.1 Å². The number of thiophene rings is 1. The lowest BCUT2D eigenvalue weighted by Gasteiger charge is -2.34. The van der Waals surface area contributed by atoms with E-state index in [4.69, 9.17) is 0 Å². The van der Waals surface area contributed by atoms with Crippen molar-refractivity contribution in [2.75, 3.05) is 20.6 Å². The fraction of sp³-hybridized carbons (Fsp3) is 0.429. The second kappa shape index (κ2) is 5.38. The number of rotatable bonds is 3. The Bertz CT molecular complexity index is 590. The summed E-state index contributed by atoms with van der Waals surface area (Å²) in [4.78, 5) is 16.3. The number of fused-ring (bicyclic) bond motifs is 1. The molecule has 0 spiro atoms. The summed E-state index contributed by atoms with van der Waals surface area (Å²) in [5.74, 6) is 0.102. The first kappa shape index (κ1) is 13.3. The first-order valence-corrected chi connectivity index (χ1v) is 7.56. The van der Waals surface area contributed by atoms with Crippen molar-refractivity contribution >= 4 is 17.2 Å². The maximum absolute atomic E-state index is 12.3. The maximum Gasteiger partial charge on any atom is 0.248 e. The highest BCUT2D eigenvalue weighted by Gasteiger charge is 2.31. The summed E-state index contributed by atoms with van der Waals surface area (Å²) < 4.78 is 1.87. The van der Waals surface area contributed by atoms with Crippen LogP contribution in [0.15, 0.2) is 29.1 Å². The molecular weight excluding hydrogens is 272 g/mol. The molecule has 0 radical (unpaired) electrons. The fourth-order valence-corrected chi connectivity index (χ4v) is 3.26. The second-order valence-corrected chi connectivity index (χ2v) is 6.10. The molecule has 2 aromatic rings. The zero-order valence-electron chi connectivity index (χ0n) is 11.7. The molecule has 0 saturated carbocycles. The number of likely N-dealkylation sites (N-methyl/N-ethyl adjacent to an activating group) is 1. The molecule has 1 amide bonds. The number of carbonyl (C=O) groups excluding carboxylic acids is 1. The molecule has 0 bridgehead atoms. The van der Waals surface area contributed by atoms with Crippen LogP contribution in [0.25, 0.3) is 0 Å². The quantitative estimate of drug-likeness (QED) is 0.862. The topological polar surface area (TPSA) is 41.4 Å². The third-order valence-corrected chi connectivity index (χ3v) is 4.31. The lowest BCUT2D eigenvalue weighted by Crippen LogP contribution is -2.44. The van der Waals surface area contributed by atoms with Gasteiger partial charge in [0.25, 0.3) is 0 Å². The zero-order valence-corrected chi connectivity index (χ0v) is 12.5. The predicted octanol–water partition coefficient (Wildman–Crippen LogP) is 1.59. The molecular formula is C14H18N4OS. The van der Waals surface area contributed by atoms with E-state index in [0.29, 0.717) is 6.54 Å². The van der Waals surface area contributed by atoms with Crippen LogP contribution in [0.3, 0.4) is 0 Å². The Labute approximate surface area is 122 Å². The van der Waals surface area contributed by atoms with Crippen LogP contribution in [-0.2, 0) is 17.9 Å². The lowest BCUT2D eigenvalue weighted by atomic mass is 10.1. The maximum atomic E-state index is 12.3. The summed E-state index contributed by atoms with van der Waals surface area (Å²) in [5, 5.41) is 8.57. The van der Waals surface area contributed by atoms with Crippen LogP contribution in [0.5, 0.6) is 0 Å². The van der Waals surface area contributed by atoms with Gasteiger partial charge in [-0.15, -0.1) is 0 Å². The molecule has 5 nitrogen and oxygen atoms in total. The molecule has 6 heteroatoms. The smallest absolute Gasteiger partial charge is 0.248 e. The number of aromatic nitrogens is 2. The molecule has 20 heavy (non-hydrogen) atoms. The first-order chi connectivity index (χ1) is 9.65. The minimum Gasteiger partial charge on any atom is -0.347 e. The molecule has 3 heterocycles. The average Bonchev–Trinajstić information content (AvgIpc) is 3.07. The lowest BCUT2D eigenvalue weighted by molar-refractivity contribution is -0.134. The van der Waals surface area contributed by atoms with Gasteiger partial charge in [0.1, 0.15) is 6.04 Å². The van der Waals surface area contributed by atoms with Crippen molar-refractivity contribution in [3.63, 3.8) is 0 Å². The van der Waals surface area contributed by atoms with Gasteiger partial charge in [-0.2, -0.15) is 16.4 Å². The molecule has 0 aromatic carbocycles. The van der Waals surface area contributed by atoms with Gasteiger partial charge < -0.3 is 4.90 Å². The second-order valence-electron chi connectivity index (χ2n) is 5.32. The van der Waals surface area contributed by atoms with Crippen LogP contribution < -0.4 is 0 Å². The summed E-state index contributed by atoms with van der Waals surface area (Å²) >= 11 is 1.71. The third kappa shape index (κ3) is 2.48. The van der Waals surface area contributed by atoms with E-state index >= 15 is 0 Å². The molecule has 1 atom stereocenters. The van der Waals surface area contributed by atoms with Crippen molar-refractivity contribution in [3.05, 3.63) is 40.3 Å². The summed E-state index contributed by atoms with van der Waals surface area (Å²) in [7, 11) is 3.59. The Morgan fingerprint density at radius 1 is 1.50 bits per heavy atom. The van der Waals surface area contributed by atoms with E-state index in [1.54, 1.807) is 36.5 Å². The van der Waals surface area contributed by atoms with Crippen molar-refractivity contribution in [3.8, 4) is 0 Å². The molecule has 0 unspecified atom stereocenters. The molecule has 106 valence electrons. The van der Waals surface area contributed by atoms with Gasteiger partial charge >= 0.3 is 0 Å². The van der Waals surface area contributed by atoms with Gasteiger partial charge in [0.15, 0.2) is 0 Å². The van der Waals surface area contributed by atoms with Crippen LogP contribution in [0, 0.1) is 0 Å². The summed E-state index contributed by atoms with van der Waals surface area (Å²) in [6, 6.07) is 3.91. The van der Waals surface area contributed by atoms with E-state index in [1.807, 2.05) is 10.7 Å². The minimum absolute atomic E-state index is 0.102. The van der Waals surface area contributed by atoms with Crippen LogP contribution in [0.4, 0.5) is 0 Å². The molecule has 2 aromatic heterocycles. The number of nitrogens with zero attached hydrogens (tertiary/aromatic N) is 4. The Balaban J connectivity index is 1.83. The zero-order chi connectivity index (χ0) is 14.1. The average molecular weight is 290 g/mol. The normalized spacial score (nSPS) is 18.8. The number of amides is 1. The van der Waals surface area contributed by atoms with Gasteiger partial charge in [-0.05, 0) is 28.5 Å². The summed E-state index contributed by atoms with van der Waals surface area (Å²) in [5.41, 5.74) is 2.41. The SMILES string of the molecule is CN(C)C(=O)[C@@H]1CN(Cc2ccsc2)Cc2ccnn21. The largest absolute Gasteiger partial charge is 0.347 e. The van der Waals surface area contributed by atoms with E-state index in [2.05, 4.69) is 26.8 Å². The molecule has 3 rings (SSSR count). The minimum atomic E-state index is -0.220. The third-order valence-electron chi connectivity index (χ3n) is 3.58. The van der Waals surface area contributed by atoms with Gasteiger partial charge in [-0.3, -0.25) is 14.4 Å². The van der Waals surface area contributed by atoms with Crippen molar-refractivity contribution in [2.45, 2.75) is 19.1 Å². The molecule has 1 aliphatic heterocycles. The Morgan fingerprint density at radius 2 is 2.35 bits per heavy atom. The molecule has 0 fully saturated rings. The summed E-state index contributed by atoms with van der Waals surface area (Å²) in [6.45, 7) is 2.43. The molecule has 0 N–H and O–H groups in total. The van der Waals surface area contributed by atoms with E-state index < -0.39 is 0 Å². The van der Waals surface area contributed by atoms with Crippen molar-refractivity contribution in [1.29, 1.82) is 0 Å². The molecule has 1 aliphatic rings. The van der Waals surface area contributed by atoms with Gasteiger partial charge in [-0.1, -0.05) is 0 Å². The number of hydrogen-bond acceptors (Lipinski definition) is 4. The number of hydrogen-bond donors (Lipinski definition) is 0. The van der Waals surface area contributed by atoms with E-state index in [1.165, 1.54) is 5.56 Å². The highest BCUT2D eigenvalue weighted by Crippen LogP contribution is 2.23. The van der Waals surface area contributed by atoms with E-state index in [0.717, 1.165) is 18.8 Å². The van der Waals surface area contributed by atoms with Crippen molar-refractivity contribution in [1.82, 2.24) is 19.6 Å². The van der Waals surface area contributed by atoms with Gasteiger partial charge in [-0.25, -0.2) is 0 Å². The predicted molar refractivity (Wildman–Crippen MR) is 78.4 cm³/mol. The highest BCUT2D eigenvalue weighted by molar-refractivity contribution is 7.07. The van der Waals surface area contributed by atoms with Gasteiger partial charge in [0.05, 0.1) is 5.69 Å². The fourth-order valence-electron chi connectivity index (χ4n) is 2.61. The highest BCUT2D eigenvalue weighted by atomic mass is 32.1. The Kier molecular flexibility index (Phi) is 3.58. The van der Waals surface area contributed by atoms with Gasteiger partial charge in [0, 0.05) is 39.9 Å². The van der Waals surface area contributed by atoms with Crippen molar-refractivity contribution in [2.24, 2.45) is 0 Å². The van der Waals surface area contributed by atoms with Crippen LogP contribution in [0.2, 0.25) is 0 Å². The molecule has 0 aliphatic carbocycles. The van der Waals surface area contributed by atoms with E-state index in [9.17, 15) is 4.79 Å². The van der Waals surface area contributed by atoms with E-state index in [-0.39, 0.29) is 11.9 Å². The van der Waals surface area contributed by atoms with Crippen LogP contribution in [0.1, 0.15) is 17.3 Å². The monoisotopic (exact) mass is 290 g/mol. The number of carbonyl (C=O) groups is 1.